The van der Waals surface area contributed by atoms with Crippen LogP contribution in [0.2, 0.25) is 5.02 Å². The quantitative estimate of drug-likeness (QED) is 0.661. The maximum absolute atomic E-state index is 13.3. The predicted molar refractivity (Wildman–Crippen MR) is 57.8 cm³/mol. The highest BCUT2D eigenvalue weighted by atomic mass is 35.5. The molecule has 1 amide bonds. The lowest BCUT2D eigenvalue weighted by Crippen LogP contribution is -2.16. The van der Waals surface area contributed by atoms with E-state index in [1.165, 1.54) is 0 Å². The first kappa shape index (κ1) is 13.3. The number of anilines is 1. The van der Waals surface area contributed by atoms with Gasteiger partial charge in [-0.15, -0.1) is 0 Å². The minimum atomic E-state index is -1.72. The molecule has 0 radical (unpaired) electrons. The summed E-state index contributed by atoms with van der Waals surface area (Å²) >= 11 is 5.55. The SMILES string of the molecule is O=C(Nc1c(F)c(F)cc(F)c1F)c1[nH]ncc1Cl. The molecule has 100 valence electrons. The van der Waals surface area contributed by atoms with Gasteiger partial charge in [-0.1, -0.05) is 11.6 Å². The molecule has 0 aliphatic rings. The van der Waals surface area contributed by atoms with Crippen LogP contribution in [0.3, 0.4) is 0 Å². The molecule has 2 rings (SSSR count). The second-order valence-corrected chi connectivity index (χ2v) is 3.80. The summed E-state index contributed by atoms with van der Waals surface area (Å²) in [6, 6.07) is 0.0312. The molecule has 4 nitrogen and oxygen atoms in total. The first-order valence-corrected chi connectivity index (χ1v) is 5.12. The Morgan fingerprint density at radius 1 is 1.21 bits per heavy atom. The molecule has 0 fully saturated rings. The summed E-state index contributed by atoms with van der Waals surface area (Å²) in [4.78, 5) is 11.6. The molecule has 0 saturated carbocycles. The molecule has 0 aliphatic heterocycles. The normalized spacial score (nSPS) is 10.6. The number of benzene rings is 1. The van der Waals surface area contributed by atoms with E-state index in [9.17, 15) is 22.4 Å². The van der Waals surface area contributed by atoms with Crippen molar-refractivity contribution in [2.75, 3.05) is 5.32 Å². The number of amides is 1. The van der Waals surface area contributed by atoms with Crippen LogP contribution in [-0.4, -0.2) is 16.1 Å². The Labute approximate surface area is 108 Å². The Kier molecular flexibility index (Phi) is 3.43. The Morgan fingerprint density at radius 3 is 2.26 bits per heavy atom. The number of carbonyl (C=O) groups excluding carboxylic acids is 1. The van der Waals surface area contributed by atoms with Crippen molar-refractivity contribution >= 4 is 23.2 Å². The smallest absolute Gasteiger partial charge is 0.275 e. The van der Waals surface area contributed by atoms with Crippen LogP contribution in [0, 0.1) is 23.3 Å². The molecule has 1 aromatic carbocycles. The summed E-state index contributed by atoms with van der Waals surface area (Å²) in [5.74, 6) is -7.80. The number of aromatic amines is 1. The van der Waals surface area contributed by atoms with E-state index >= 15 is 0 Å². The van der Waals surface area contributed by atoms with Crippen molar-refractivity contribution in [1.82, 2.24) is 10.2 Å². The highest BCUT2D eigenvalue weighted by Crippen LogP contribution is 2.25. The molecule has 0 unspecified atom stereocenters. The van der Waals surface area contributed by atoms with Gasteiger partial charge in [0.25, 0.3) is 5.91 Å². The summed E-state index contributed by atoms with van der Waals surface area (Å²) in [5, 5.41) is 7.14. The van der Waals surface area contributed by atoms with Crippen LogP contribution in [0.25, 0.3) is 0 Å². The van der Waals surface area contributed by atoms with Gasteiger partial charge in [0.05, 0.1) is 11.2 Å². The van der Waals surface area contributed by atoms with Gasteiger partial charge in [0, 0.05) is 6.07 Å². The van der Waals surface area contributed by atoms with Gasteiger partial charge in [0.2, 0.25) is 0 Å². The van der Waals surface area contributed by atoms with Crippen LogP contribution >= 0.6 is 11.6 Å². The summed E-state index contributed by atoms with van der Waals surface area (Å²) in [7, 11) is 0. The van der Waals surface area contributed by atoms with Gasteiger partial charge in [-0.25, -0.2) is 17.6 Å². The molecule has 19 heavy (non-hydrogen) atoms. The zero-order valence-corrected chi connectivity index (χ0v) is 9.66. The molecule has 0 atom stereocenters. The standard InChI is InChI=1S/C10H4ClF4N3O/c11-3-2-16-18-8(3)10(19)17-9-6(14)4(12)1-5(13)7(9)15/h1-2H,(H,16,18)(H,17,19). The van der Waals surface area contributed by atoms with E-state index in [1.807, 2.05) is 0 Å². The number of hydrogen-bond donors (Lipinski definition) is 2. The van der Waals surface area contributed by atoms with Crippen molar-refractivity contribution in [3.8, 4) is 0 Å². The number of nitrogens with one attached hydrogen (secondary N) is 2. The number of rotatable bonds is 2. The van der Waals surface area contributed by atoms with Crippen LogP contribution in [-0.2, 0) is 0 Å². The highest BCUT2D eigenvalue weighted by Gasteiger charge is 2.22. The number of aromatic nitrogens is 2. The second kappa shape index (κ2) is 4.88. The predicted octanol–water partition coefficient (Wildman–Crippen LogP) is 2.87. The maximum atomic E-state index is 13.3. The Hall–Kier alpha value is -2.09. The average Bonchev–Trinajstić information content (AvgIpc) is 2.78. The zero-order valence-electron chi connectivity index (χ0n) is 8.90. The molecule has 2 N–H and O–H groups in total. The third kappa shape index (κ3) is 2.39. The Bertz CT molecular complexity index is 632. The topological polar surface area (TPSA) is 57.8 Å². The fourth-order valence-corrected chi connectivity index (χ4v) is 1.47. The monoisotopic (exact) mass is 293 g/mol. The van der Waals surface area contributed by atoms with Crippen molar-refractivity contribution in [2.24, 2.45) is 0 Å². The molecule has 1 aromatic heterocycles. The van der Waals surface area contributed by atoms with Crippen LogP contribution in [0.4, 0.5) is 23.2 Å². The molecule has 9 heteroatoms. The third-order valence-electron chi connectivity index (χ3n) is 2.17. The first-order chi connectivity index (χ1) is 8.91. The number of carbonyl (C=O) groups is 1. The number of hydrogen-bond acceptors (Lipinski definition) is 2. The summed E-state index contributed by atoms with van der Waals surface area (Å²) in [6.07, 6.45) is 1.08. The molecular formula is C10H4ClF4N3O. The van der Waals surface area contributed by atoms with Crippen LogP contribution in [0.5, 0.6) is 0 Å². The first-order valence-electron chi connectivity index (χ1n) is 4.75. The molecule has 0 spiro atoms. The van der Waals surface area contributed by atoms with Crippen molar-refractivity contribution < 1.29 is 22.4 Å². The molecule has 0 saturated heterocycles. The molecule has 2 aromatic rings. The van der Waals surface area contributed by atoms with Gasteiger partial charge in [0.1, 0.15) is 11.4 Å². The third-order valence-corrected chi connectivity index (χ3v) is 2.46. The average molecular weight is 294 g/mol. The van der Waals surface area contributed by atoms with Crippen LogP contribution in [0.15, 0.2) is 12.3 Å². The van der Waals surface area contributed by atoms with Gasteiger partial charge in [-0.3, -0.25) is 9.89 Å². The fraction of sp³-hybridized carbons (Fsp3) is 0. The van der Waals surface area contributed by atoms with Crippen molar-refractivity contribution in [2.45, 2.75) is 0 Å². The molecule has 0 bridgehead atoms. The Balaban J connectivity index is 2.40. The Morgan fingerprint density at radius 2 is 1.79 bits per heavy atom. The number of halogens is 5. The molecule has 0 aliphatic carbocycles. The van der Waals surface area contributed by atoms with E-state index in [0.29, 0.717) is 0 Å². The minimum absolute atomic E-state index is 0.0312. The maximum Gasteiger partial charge on any atom is 0.275 e. The van der Waals surface area contributed by atoms with Gasteiger partial charge in [-0.2, -0.15) is 5.10 Å². The summed E-state index contributed by atoms with van der Waals surface area (Å²) in [5.41, 5.74) is -1.54. The number of H-pyrrole nitrogens is 1. The van der Waals surface area contributed by atoms with Gasteiger partial charge < -0.3 is 5.32 Å². The lowest BCUT2D eigenvalue weighted by molar-refractivity contribution is 0.102. The van der Waals surface area contributed by atoms with Crippen molar-refractivity contribution in [3.63, 3.8) is 0 Å². The van der Waals surface area contributed by atoms with E-state index in [4.69, 9.17) is 11.6 Å². The highest BCUT2D eigenvalue weighted by molar-refractivity contribution is 6.34. The minimum Gasteiger partial charge on any atom is -0.315 e. The second-order valence-electron chi connectivity index (χ2n) is 3.39. The number of nitrogens with zero attached hydrogens (tertiary/aromatic N) is 1. The van der Waals surface area contributed by atoms with Crippen LogP contribution in [0.1, 0.15) is 10.5 Å². The lowest BCUT2D eigenvalue weighted by Gasteiger charge is -2.08. The van der Waals surface area contributed by atoms with Crippen LogP contribution < -0.4 is 5.32 Å². The molecular weight excluding hydrogens is 290 g/mol. The summed E-state index contributed by atoms with van der Waals surface area (Å²) < 4.78 is 52.4. The molecule has 1 heterocycles. The van der Waals surface area contributed by atoms with Crippen molar-refractivity contribution in [1.29, 1.82) is 0 Å². The van der Waals surface area contributed by atoms with E-state index in [1.54, 1.807) is 5.32 Å². The van der Waals surface area contributed by atoms with E-state index < -0.39 is 34.9 Å². The van der Waals surface area contributed by atoms with E-state index in [2.05, 4.69) is 10.2 Å². The lowest BCUT2D eigenvalue weighted by atomic mass is 10.2. The van der Waals surface area contributed by atoms with Gasteiger partial charge >= 0.3 is 0 Å². The van der Waals surface area contributed by atoms with Gasteiger partial charge in [0.15, 0.2) is 23.3 Å². The zero-order chi connectivity index (χ0) is 14.2. The van der Waals surface area contributed by atoms with E-state index in [0.717, 1.165) is 6.20 Å². The largest absolute Gasteiger partial charge is 0.315 e. The fourth-order valence-electron chi connectivity index (χ4n) is 1.29. The summed E-state index contributed by atoms with van der Waals surface area (Å²) in [6.45, 7) is 0. The van der Waals surface area contributed by atoms with Crippen molar-refractivity contribution in [3.05, 3.63) is 46.2 Å². The van der Waals surface area contributed by atoms with Gasteiger partial charge in [-0.05, 0) is 0 Å². The van der Waals surface area contributed by atoms with E-state index in [-0.39, 0.29) is 16.8 Å².